The van der Waals surface area contributed by atoms with Crippen LogP contribution < -0.4 is 0 Å². The highest BCUT2D eigenvalue weighted by Gasteiger charge is 2.26. The highest BCUT2D eigenvalue weighted by atomic mass is 16.3. The van der Waals surface area contributed by atoms with Crippen LogP contribution in [0.5, 0.6) is 5.75 Å². The maximum atomic E-state index is 10.7. The first kappa shape index (κ1) is 20.0. The maximum absolute atomic E-state index is 10.7. The van der Waals surface area contributed by atoms with Crippen molar-refractivity contribution in [2.75, 3.05) is 6.61 Å². The van der Waals surface area contributed by atoms with E-state index in [4.69, 9.17) is 5.11 Å². The van der Waals surface area contributed by atoms with Gasteiger partial charge in [-0.3, -0.25) is 0 Å². The lowest BCUT2D eigenvalue weighted by molar-refractivity contribution is 0.282. The van der Waals surface area contributed by atoms with Crippen molar-refractivity contribution >= 4 is 0 Å². The quantitative estimate of drug-likeness (QED) is 0.654. The molecule has 0 atom stereocenters. The van der Waals surface area contributed by atoms with Crippen LogP contribution in [-0.4, -0.2) is 16.8 Å². The first-order chi connectivity index (χ1) is 10.6. The average molecular weight is 321 g/mol. The van der Waals surface area contributed by atoms with Crippen LogP contribution in [-0.2, 0) is 17.3 Å². The Labute approximate surface area is 142 Å². The van der Waals surface area contributed by atoms with E-state index in [1.54, 1.807) is 0 Å². The Hall–Kier alpha value is -1.02. The van der Waals surface area contributed by atoms with Crippen LogP contribution in [0, 0.1) is 0 Å². The predicted molar refractivity (Wildman–Crippen MR) is 99.4 cm³/mol. The largest absolute Gasteiger partial charge is 0.507 e. The Morgan fingerprint density at radius 1 is 0.739 bits per heavy atom. The molecule has 2 heteroatoms. The molecule has 0 amide bonds. The van der Waals surface area contributed by atoms with Crippen LogP contribution in [0.4, 0.5) is 0 Å². The van der Waals surface area contributed by atoms with Crippen LogP contribution >= 0.6 is 0 Å². The van der Waals surface area contributed by atoms with E-state index in [2.05, 4.69) is 53.7 Å². The molecule has 0 spiro atoms. The fourth-order valence-electron chi connectivity index (χ4n) is 2.95. The van der Waals surface area contributed by atoms with Gasteiger partial charge in [0.05, 0.1) is 0 Å². The topological polar surface area (TPSA) is 40.5 Å². The normalized spacial score (nSPS) is 12.7. The Morgan fingerprint density at radius 3 is 1.61 bits per heavy atom. The van der Waals surface area contributed by atoms with Crippen molar-refractivity contribution in [3.05, 3.63) is 28.8 Å². The van der Waals surface area contributed by atoms with Crippen molar-refractivity contribution in [2.45, 2.75) is 90.9 Å². The molecule has 2 N–H and O–H groups in total. The van der Waals surface area contributed by atoms with Crippen molar-refractivity contribution < 1.29 is 10.2 Å². The van der Waals surface area contributed by atoms with Crippen LogP contribution in [0.1, 0.15) is 90.3 Å². The molecule has 0 saturated heterocycles. The van der Waals surface area contributed by atoms with E-state index in [0.29, 0.717) is 12.4 Å². The highest BCUT2D eigenvalue weighted by Crippen LogP contribution is 2.40. The van der Waals surface area contributed by atoms with Gasteiger partial charge in [-0.2, -0.15) is 0 Å². The number of aryl methyl sites for hydroxylation is 1. The standard InChI is InChI=1S/C21H36O2/c1-20(2,3)17-14-16(12-10-8-7-9-11-13-22)15-18(19(17)23)21(4,5)6/h14-15,22-23H,7-13H2,1-6H3. The summed E-state index contributed by atoms with van der Waals surface area (Å²) in [7, 11) is 0. The molecule has 1 aromatic carbocycles. The molecule has 1 aromatic rings. The van der Waals surface area contributed by atoms with Gasteiger partial charge in [0.2, 0.25) is 0 Å². The van der Waals surface area contributed by atoms with E-state index in [-0.39, 0.29) is 10.8 Å². The minimum Gasteiger partial charge on any atom is -0.507 e. The number of hydrogen-bond acceptors (Lipinski definition) is 2. The fraction of sp³-hybridized carbons (Fsp3) is 0.714. The first-order valence-corrected chi connectivity index (χ1v) is 9.05. The maximum Gasteiger partial charge on any atom is 0.123 e. The van der Waals surface area contributed by atoms with Gasteiger partial charge in [-0.1, -0.05) is 72.9 Å². The van der Waals surface area contributed by atoms with E-state index >= 15 is 0 Å². The minimum absolute atomic E-state index is 0.0543. The number of unbranched alkanes of at least 4 members (excludes halogenated alkanes) is 4. The van der Waals surface area contributed by atoms with Crippen LogP contribution in [0.3, 0.4) is 0 Å². The minimum atomic E-state index is -0.0543. The summed E-state index contributed by atoms with van der Waals surface area (Å²) in [4.78, 5) is 0. The number of aliphatic hydroxyl groups excluding tert-OH is 1. The number of aromatic hydroxyl groups is 1. The van der Waals surface area contributed by atoms with Gasteiger partial charge in [0.25, 0.3) is 0 Å². The second-order valence-electron chi connectivity index (χ2n) is 8.78. The summed E-state index contributed by atoms with van der Waals surface area (Å²) in [5.74, 6) is 0.469. The molecule has 132 valence electrons. The zero-order valence-electron chi connectivity index (χ0n) is 16.0. The zero-order chi connectivity index (χ0) is 17.7. The zero-order valence-corrected chi connectivity index (χ0v) is 16.0. The van der Waals surface area contributed by atoms with Crippen LogP contribution in [0.2, 0.25) is 0 Å². The summed E-state index contributed by atoms with van der Waals surface area (Å²) in [6, 6.07) is 4.39. The van der Waals surface area contributed by atoms with E-state index in [0.717, 1.165) is 30.4 Å². The van der Waals surface area contributed by atoms with Crippen molar-refractivity contribution in [3.8, 4) is 5.75 Å². The number of hydrogen-bond donors (Lipinski definition) is 2. The third kappa shape index (κ3) is 6.18. The lowest BCUT2D eigenvalue weighted by Crippen LogP contribution is -2.18. The Kier molecular flexibility index (Phi) is 7.13. The van der Waals surface area contributed by atoms with Crippen LogP contribution in [0.15, 0.2) is 12.1 Å². The Bertz CT molecular complexity index is 455. The number of phenolic OH excluding ortho intramolecular Hbond substituents is 1. The highest BCUT2D eigenvalue weighted by molar-refractivity contribution is 5.49. The number of aliphatic hydroxyl groups is 1. The smallest absolute Gasteiger partial charge is 0.123 e. The number of benzene rings is 1. The van der Waals surface area contributed by atoms with Gasteiger partial charge >= 0.3 is 0 Å². The second-order valence-corrected chi connectivity index (χ2v) is 8.78. The molecule has 1 rings (SSSR count). The number of phenols is 1. The molecule has 0 fully saturated rings. The van der Waals surface area contributed by atoms with Crippen molar-refractivity contribution in [1.82, 2.24) is 0 Å². The molecule has 0 saturated carbocycles. The van der Waals surface area contributed by atoms with E-state index < -0.39 is 0 Å². The molecule has 0 bridgehead atoms. The summed E-state index contributed by atoms with van der Waals surface area (Å²) >= 11 is 0. The van der Waals surface area contributed by atoms with Gasteiger partial charge in [-0.05, 0) is 46.8 Å². The molecule has 2 nitrogen and oxygen atoms in total. The molecule has 0 unspecified atom stereocenters. The lowest BCUT2D eigenvalue weighted by Gasteiger charge is -2.28. The monoisotopic (exact) mass is 320 g/mol. The molecule has 0 aliphatic heterocycles. The first-order valence-electron chi connectivity index (χ1n) is 9.05. The second kappa shape index (κ2) is 8.19. The molecule has 0 radical (unpaired) electrons. The molecule has 23 heavy (non-hydrogen) atoms. The van der Waals surface area contributed by atoms with Gasteiger partial charge in [0, 0.05) is 6.61 Å². The molecular weight excluding hydrogens is 284 g/mol. The molecule has 0 aliphatic carbocycles. The fourth-order valence-corrected chi connectivity index (χ4v) is 2.95. The lowest BCUT2D eigenvalue weighted by atomic mass is 9.78. The van der Waals surface area contributed by atoms with Gasteiger partial charge in [0.15, 0.2) is 0 Å². The third-order valence-corrected chi connectivity index (χ3v) is 4.41. The van der Waals surface area contributed by atoms with Gasteiger partial charge < -0.3 is 10.2 Å². The van der Waals surface area contributed by atoms with Crippen molar-refractivity contribution in [1.29, 1.82) is 0 Å². The van der Waals surface area contributed by atoms with Crippen molar-refractivity contribution in [3.63, 3.8) is 0 Å². The van der Waals surface area contributed by atoms with Crippen LogP contribution in [0.25, 0.3) is 0 Å². The van der Waals surface area contributed by atoms with Gasteiger partial charge in [-0.25, -0.2) is 0 Å². The molecular formula is C21H36O2. The van der Waals surface area contributed by atoms with Gasteiger partial charge in [0.1, 0.15) is 5.75 Å². The molecule has 0 heterocycles. The molecule has 0 aliphatic rings. The third-order valence-electron chi connectivity index (χ3n) is 4.41. The summed E-state index contributed by atoms with van der Waals surface area (Å²) in [6.07, 6.45) is 6.66. The van der Waals surface area contributed by atoms with E-state index in [1.807, 2.05) is 0 Å². The van der Waals surface area contributed by atoms with Crippen molar-refractivity contribution in [2.24, 2.45) is 0 Å². The van der Waals surface area contributed by atoms with E-state index in [1.165, 1.54) is 24.8 Å². The summed E-state index contributed by atoms with van der Waals surface area (Å²) in [5, 5.41) is 19.5. The Balaban J connectivity index is 2.91. The summed E-state index contributed by atoms with van der Waals surface area (Å²) < 4.78 is 0. The summed E-state index contributed by atoms with van der Waals surface area (Å²) in [5.41, 5.74) is 3.34. The Morgan fingerprint density at radius 2 is 1.17 bits per heavy atom. The van der Waals surface area contributed by atoms with Gasteiger partial charge in [-0.15, -0.1) is 0 Å². The van der Waals surface area contributed by atoms with E-state index in [9.17, 15) is 5.11 Å². The SMILES string of the molecule is CC(C)(C)c1cc(CCCCCCCO)cc(C(C)(C)C)c1O. The number of rotatable bonds is 7. The molecule has 0 aromatic heterocycles. The summed E-state index contributed by atoms with van der Waals surface area (Å²) in [6.45, 7) is 13.3. The predicted octanol–water partition coefficient (Wildman–Crippen LogP) is 5.47. The average Bonchev–Trinajstić information content (AvgIpc) is 2.41.